The molecule has 0 saturated carbocycles. The molecule has 2 unspecified atom stereocenters. The molecule has 2 aromatic heterocycles. The molecule has 2 aromatic rings. The lowest BCUT2D eigenvalue weighted by molar-refractivity contribution is 0.311. The molecule has 0 spiro atoms. The summed E-state index contributed by atoms with van der Waals surface area (Å²) in [5, 5.41) is 5.34. The highest BCUT2D eigenvalue weighted by Gasteiger charge is 2.24. The Morgan fingerprint density at radius 3 is 1.43 bits per heavy atom. The number of rotatable bonds is 13. The van der Waals surface area contributed by atoms with Crippen molar-refractivity contribution in [3.05, 3.63) is 44.4 Å². The molecule has 2 rings (SSSR count). The van der Waals surface area contributed by atoms with Gasteiger partial charge in [0.05, 0.1) is 11.1 Å². The van der Waals surface area contributed by atoms with Crippen LogP contribution in [0.25, 0.3) is 0 Å². The number of aromatic nitrogens is 2. The zero-order valence-corrected chi connectivity index (χ0v) is 20.3. The zero-order valence-electron chi connectivity index (χ0n) is 18.5. The van der Waals surface area contributed by atoms with E-state index in [-0.39, 0.29) is 21.9 Å². The molecule has 6 nitrogen and oxygen atoms in total. The lowest BCUT2D eigenvalue weighted by Gasteiger charge is -2.26. The first kappa shape index (κ1) is 25.0. The van der Waals surface area contributed by atoms with Crippen LogP contribution in [0.4, 0.5) is 0 Å². The van der Waals surface area contributed by atoms with Gasteiger partial charge in [-0.2, -0.15) is 35.6 Å². The van der Waals surface area contributed by atoms with Gasteiger partial charge in [0.15, 0.2) is 0 Å². The molecule has 0 aromatic carbocycles. The second-order valence-corrected chi connectivity index (χ2v) is 11.5. The Balaban J connectivity index is 1.67. The number of nitrogens with one attached hydrogen (secondary N) is 2. The van der Waals surface area contributed by atoms with Crippen LogP contribution in [0, 0.1) is 10.8 Å². The minimum atomic E-state index is -0.135. The molecule has 0 aliphatic rings. The Bertz CT molecular complexity index is 806. The summed E-state index contributed by atoms with van der Waals surface area (Å²) in [6, 6.07) is 0. The summed E-state index contributed by atoms with van der Waals surface area (Å²) in [6.45, 7) is 8.70. The van der Waals surface area contributed by atoms with Crippen molar-refractivity contribution >= 4 is 25.3 Å². The van der Waals surface area contributed by atoms with Gasteiger partial charge in [-0.3, -0.25) is 9.59 Å². The molecule has 0 saturated heterocycles. The lowest BCUT2D eigenvalue weighted by Crippen LogP contribution is -2.21. The highest BCUT2D eigenvalue weighted by Crippen LogP contribution is 2.31. The monoisotopic (exact) mass is 456 g/mol. The van der Waals surface area contributed by atoms with Crippen LogP contribution in [0.1, 0.15) is 77.3 Å². The van der Waals surface area contributed by atoms with E-state index in [1.54, 1.807) is 0 Å². The maximum absolute atomic E-state index is 11.7. The van der Waals surface area contributed by atoms with Gasteiger partial charge in [0.2, 0.25) is 0 Å². The Labute approximate surface area is 189 Å². The van der Waals surface area contributed by atoms with Crippen LogP contribution < -0.4 is 11.1 Å². The molecule has 0 bridgehead atoms. The third-order valence-corrected chi connectivity index (χ3v) is 6.80. The van der Waals surface area contributed by atoms with E-state index in [9.17, 15) is 9.59 Å². The summed E-state index contributed by atoms with van der Waals surface area (Å²) < 4.78 is 9.76. The number of H-pyrrole nitrogens is 2. The van der Waals surface area contributed by atoms with E-state index in [0.717, 1.165) is 38.5 Å². The fourth-order valence-electron chi connectivity index (χ4n) is 3.79. The summed E-state index contributed by atoms with van der Waals surface area (Å²) >= 11 is 9.55. The lowest BCUT2D eigenvalue weighted by atomic mass is 9.81. The second kappa shape index (κ2) is 10.8. The summed E-state index contributed by atoms with van der Waals surface area (Å²) in [4.78, 5) is 23.3. The van der Waals surface area contributed by atoms with Crippen molar-refractivity contribution in [2.45, 2.75) is 89.6 Å². The Morgan fingerprint density at radius 1 is 0.767 bits per heavy atom. The number of thiol groups is 2. The summed E-state index contributed by atoms with van der Waals surface area (Å²) in [7, 11) is 0. The molecular formula is C22H36N2O4S2. The van der Waals surface area contributed by atoms with Crippen molar-refractivity contribution in [3.8, 4) is 0 Å². The summed E-state index contributed by atoms with van der Waals surface area (Å²) in [6.07, 6.45) is 10.4. The first-order valence-corrected chi connectivity index (χ1v) is 11.7. The first-order valence-electron chi connectivity index (χ1n) is 10.6. The topological polar surface area (TPSA) is 92.0 Å². The molecule has 2 heterocycles. The molecule has 0 fully saturated rings. The van der Waals surface area contributed by atoms with E-state index >= 15 is 0 Å². The molecule has 2 N–H and O–H groups in total. The standard InChI is InChI=1S/C22H36N2O4S2/c1-21(2,11-15-13-27-23-19(15)25)9-7-17(29)5-6-18(30)8-10-22(3,4)12-16-14-28-24-20(16)26/h13-14,17-18,29-30H,5-12H2,1-4H3,(H,23,25)(H,24,26). The van der Waals surface area contributed by atoms with E-state index in [2.05, 4.69) is 38.0 Å². The van der Waals surface area contributed by atoms with Crippen LogP contribution in [0.15, 0.2) is 31.2 Å². The van der Waals surface area contributed by atoms with Gasteiger partial charge in [-0.05, 0) is 62.2 Å². The van der Waals surface area contributed by atoms with Gasteiger partial charge < -0.3 is 9.05 Å². The van der Waals surface area contributed by atoms with Gasteiger partial charge in [0.1, 0.15) is 12.5 Å². The quantitative estimate of drug-likeness (QED) is 0.318. The van der Waals surface area contributed by atoms with Crippen molar-refractivity contribution in [1.29, 1.82) is 0 Å². The van der Waals surface area contributed by atoms with Crippen LogP contribution in [-0.4, -0.2) is 20.8 Å². The zero-order chi connectivity index (χ0) is 22.4. The molecule has 30 heavy (non-hydrogen) atoms. The molecule has 2 atom stereocenters. The van der Waals surface area contributed by atoms with Gasteiger partial charge in [-0.1, -0.05) is 27.7 Å². The van der Waals surface area contributed by atoms with Gasteiger partial charge in [-0.15, -0.1) is 0 Å². The van der Waals surface area contributed by atoms with Crippen molar-refractivity contribution in [2.75, 3.05) is 0 Å². The smallest absolute Gasteiger partial charge is 0.283 e. The van der Waals surface area contributed by atoms with E-state index in [4.69, 9.17) is 34.3 Å². The van der Waals surface area contributed by atoms with E-state index < -0.39 is 0 Å². The molecule has 170 valence electrons. The fourth-order valence-corrected chi connectivity index (χ4v) is 4.34. The van der Waals surface area contributed by atoms with E-state index in [1.807, 2.05) is 0 Å². The second-order valence-electron chi connectivity index (χ2n) is 10.0. The minimum Gasteiger partial charge on any atom is -0.387 e. The van der Waals surface area contributed by atoms with Gasteiger partial charge in [0.25, 0.3) is 11.1 Å². The largest absolute Gasteiger partial charge is 0.387 e. The minimum absolute atomic E-state index is 0.0210. The number of hydrogen-bond donors (Lipinski definition) is 4. The molecule has 8 heteroatoms. The highest BCUT2D eigenvalue weighted by atomic mass is 32.1. The third-order valence-electron chi connectivity index (χ3n) is 5.77. The van der Waals surface area contributed by atoms with Crippen LogP contribution >= 0.6 is 25.3 Å². The van der Waals surface area contributed by atoms with Crippen molar-refractivity contribution in [1.82, 2.24) is 10.3 Å². The molecule has 0 aliphatic carbocycles. The van der Waals surface area contributed by atoms with E-state index in [1.165, 1.54) is 12.5 Å². The third kappa shape index (κ3) is 8.46. The molecule has 0 radical (unpaired) electrons. The Hall–Kier alpha value is -1.28. The number of hydrogen-bond acceptors (Lipinski definition) is 6. The van der Waals surface area contributed by atoms with Crippen LogP contribution in [0.3, 0.4) is 0 Å². The average molecular weight is 457 g/mol. The maximum atomic E-state index is 11.7. The normalized spacial score (nSPS) is 14.7. The average Bonchev–Trinajstić information content (AvgIpc) is 3.24. The summed E-state index contributed by atoms with van der Waals surface area (Å²) in [5.41, 5.74) is 1.17. The van der Waals surface area contributed by atoms with Gasteiger partial charge in [-0.25, -0.2) is 0 Å². The van der Waals surface area contributed by atoms with Gasteiger partial charge in [0, 0.05) is 10.5 Å². The molecular weight excluding hydrogens is 420 g/mol. The highest BCUT2D eigenvalue weighted by molar-refractivity contribution is 7.81. The summed E-state index contributed by atoms with van der Waals surface area (Å²) in [5.74, 6) is 0. The molecule has 0 amide bonds. The SMILES string of the molecule is CC(C)(CCC(S)CCC(S)CCC(C)(C)Cc1co[nH]c1=O)Cc1co[nH]c1=O. The van der Waals surface area contributed by atoms with Crippen LogP contribution in [0.5, 0.6) is 0 Å². The molecule has 0 aliphatic heterocycles. The van der Waals surface area contributed by atoms with Crippen molar-refractivity contribution < 1.29 is 9.05 Å². The maximum Gasteiger partial charge on any atom is 0.283 e. The van der Waals surface area contributed by atoms with E-state index in [0.29, 0.717) is 34.5 Å². The van der Waals surface area contributed by atoms with Crippen LogP contribution in [-0.2, 0) is 12.8 Å². The first-order chi connectivity index (χ1) is 14.0. The van der Waals surface area contributed by atoms with Gasteiger partial charge >= 0.3 is 0 Å². The van der Waals surface area contributed by atoms with Crippen LogP contribution in [0.2, 0.25) is 0 Å². The predicted octanol–water partition coefficient (Wildman–Crippen LogP) is 5.02. The van der Waals surface area contributed by atoms with Crippen molar-refractivity contribution in [2.24, 2.45) is 10.8 Å². The fraction of sp³-hybridized carbons (Fsp3) is 0.727. The Morgan fingerprint density at radius 2 is 1.13 bits per heavy atom. The number of aromatic amines is 2. The Kier molecular flexibility index (Phi) is 9.03. The predicted molar refractivity (Wildman–Crippen MR) is 127 cm³/mol. The van der Waals surface area contributed by atoms with Crippen molar-refractivity contribution in [3.63, 3.8) is 0 Å².